The van der Waals surface area contributed by atoms with E-state index >= 15 is 0 Å². The zero-order valence-corrected chi connectivity index (χ0v) is 10.4. The maximum absolute atomic E-state index is 5.50. The number of furan rings is 1. The molecule has 1 aliphatic rings. The van der Waals surface area contributed by atoms with Gasteiger partial charge in [-0.2, -0.15) is 4.98 Å². The van der Waals surface area contributed by atoms with Gasteiger partial charge in [-0.05, 0) is 37.3 Å². The highest BCUT2D eigenvalue weighted by Crippen LogP contribution is 2.37. The molecule has 96 valence electrons. The molecule has 2 N–H and O–H groups in total. The smallest absolute Gasteiger partial charge is 0.293 e. The summed E-state index contributed by atoms with van der Waals surface area (Å²) in [6.07, 6.45) is 3.53. The fraction of sp³-hybridized carbons (Fsp3) is 0.538. The van der Waals surface area contributed by atoms with E-state index in [4.69, 9.17) is 14.7 Å². The molecule has 2 unspecified atom stereocenters. The molecule has 5 heteroatoms. The third-order valence-electron chi connectivity index (χ3n) is 3.58. The Kier molecular flexibility index (Phi) is 2.91. The predicted octanol–water partition coefficient (Wildman–Crippen LogP) is 2.69. The van der Waals surface area contributed by atoms with E-state index in [9.17, 15) is 0 Å². The summed E-state index contributed by atoms with van der Waals surface area (Å²) < 4.78 is 10.8. The van der Waals surface area contributed by atoms with Gasteiger partial charge in [0.05, 0.1) is 6.54 Å². The van der Waals surface area contributed by atoms with Crippen molar-refractivity contribution >= 4 is 0 Å². The molecular weight excluding hydrogens is 230 g/mol. The molecule has 18 heavy (non-hydrogen) atoms. The van der Waals surface area contributed by atoms with Crippen molar-refractivity contribution in [1.82, 2.24) is 10.1 Å². The molecule has 0 amide bonds. The lowest BCUT2D eigenvalue weighted by Gasteiger charge is -2.01. The van der Waals surface area contributed by atoms with E-state index in [2.05, 4.69) is 17.1 Å². The van der Waals surface area contributed by atoms with Crippen molar-refractivity contribution in [3.05, 3.63) is 23.7 Å². The summed E-state index contributed by atoms with van der Waals surface area (Å²) in [4.78, 5) is 4.43. The fourth-order valence-corrected chi connectivity index (χ4v) is 2.54. The van der Waals surface area contributed by atoms with E-state index < -0.39 is 0 Å². The Bertz CT molecular complexity index is 532. The molecule has 0 spiro atoms. The van der Waals surface area contributed by atoms with Crippen LogP contribution in [0.1, 0.15) is 43.7 Å². The van der Waals surface area contributed by atoms with E-state index in [1.165, 1.54) is 6.42 Å². The third kappa shape index (κ3) is 2.06. The zero-order valence-electron chi connectivity index (χ0n) is 10.4. The van der Waals surface area contributed by atoms with Gasteiger partial charge < -0.3 is 14.7 Å². The molecule has 0 bridgehead atoms. The van der Waals surface area contributed by atoms with Crippen LogP contribution < -0.4 is 5.73 Å². The Morgan fingerprint density at radius 1 is 1.39 bits per heavy atom. The van der Waals surface area contributed by atoms with E-state index in [1.54, 1.807) is 0 Å². The van der Waals surface area contributed by atoms with E-state index in [0.717, 1.165) is 30.3 Å². The van der Waals surface area contributed by atoms with Gasteiger partial charge in [0.1, 0.15) is 5.76 Å². The number of rotatable bonds is 3. The zero-order chi connectivity index (χ0) is 12.5. The molecule has 0 saturated heterocycles. The van der Waals surface area contributed by atoms with Gasteiger partial charge in [0.15, 0.2) is 11.6 Å². The van der Waals surface area contributed by atoms with Crippen LogP contribution in [0.2, 0.25) is 0 Å². The van der Waals surface area contributed by atoms with Gasteiger partial charge in [0, 0.05) is 5.92 Å². The van der Waals surface area contributed by atoms with Gasteiger partial charge in [-0.3, -0.25) is 0 Å². The minimum atomic E-state index is 0.376. The summed E-state index contributed by atoms with van der Waals surface area (Å²) in [6, 6.07) is 3.65. The highest BCUT2D eigenvalue weighted by Gasteiger charge is 2.27. The molecule has 1 saturated carbocycles. The second-order valence-corrected chi connectivity index (χ2v) is 5.04. The van der Waals surface area contributed by atoms with Crippen LogP contribution in [0.4, 0.5) is 0 Å². The third-order valence-corrected chi connectivity index (χ3v) is 3.58. The normalized spacial score (nSPS) is 23.7. The summed E-state index contributed by atoms with van der Waals surface area (Å²) in [5.41, 5.74) is 5.50. The minimum Gasteiger partial charge on any atom is -0.455 e. The Morgan fingerprint density at radius 2 is 2.28 bits per heavy atom. The Labute approximate surface area is 105 Å². The Balaban J connectivity index is 1.80. The first-order valence-electron chi connectivity index (χ1n) is 6.39. The molecule has 3 rings (SSSR count). The number of nitrogens with zero attached hydrogens (tertiary/aromatic N) is 2. The van der Waals surface area contributed by atoms with Gasteiger partial charge in [0.25, 0.3) is 5.89 Å². The van der Waals surface area contributed by atoms with Crippen LogP contribution in [0.15, 0.2) is 21.1 Å². The number of hydrogen-bond acceptors (Lipinski definition) is 5. The molecule has 0 aromatic carbocycles. The van der Waals surface area contributed by atoms with Gasteiger partial charge in [0.2, 0.25) is 0 Å². The van der Waals surface area contributed by atoms with Crippen LogP contribution >= 0.6 is 0 Å². The predicted molar refractivity (Wildman–Crippen MR) is 65.6 cm³/mol. The number of hydrogen-bond donors (Lipinski definition) is 1. The van der Waals surface area contributed by atoms with Crippen LogP contribution in [-0.4, -0.2) is 10.1 Å². The summed E-state index contributed by atoms with van der Waals surface area (Å²) in [5.74, 6) is 3.76. The molecule has 5 nitrogen and oxygen atoms in total. The number of nitrogens with two attached hydrogens (primary N) is 1. The molecule has 0 radical (unpaired) electrons. The van der Waals surface area contributed by atoms with Crippen LogP contribution in [0, 0.1) is 5.92 Å². The van der Waals surface area contributed by atoms with Crippen molar-refractivity contribution in [3.8, 4) is 11.7 Å². The topological polar surface area (TPSA) is 78.1 Å². The minimum absolute atomic E-state index is 0.376. The monoisotopic (exact) mass is 247 g/mol. The summed E-state index contributed by atoms with van der Waals surface area (Å²) in [6.45, 7) is 2.64. The maximum atomic E-state index is 5.50. The van der Waals surface area contributed by atoms with Gasteiger partial charge >= 0.3 is 0 Å². The average Bonchev–Trinajstić information content (AvgIpc) is 3.07. The van der Waals surface area contributed by atoms with Crippen molar-refractivity contribution < 1.29 is 8.94 Å². The van der Waals surface area contributed by atoms with Crippen molar-refractivity contribution in [2.24, 2.45) is 11.7 Å². The lowest BCUT2D eigenvalue weighted by molar-refractivity contribution is 0.399. The fourth-order valence-electron chi connectivity index (χ4n) is 2.54. The highest BCUT2D eigenvalue weighted by atomic mass is 16.5. The molecule has 2 aromatic rings. The molecule has 1 fully saturated rings. The molecule has 1 aliphatic carbocycles. The lowest BCUT2D eigenvalue weighted by atomic mass is 10.1. The van der Waals surface area contributed by atoms with Gasteiger partial charge in [-0.15, -0.1) is 0 Å². The maximum Gasteiger partial charge on any atom is 0.293 e. The van der Waals surface area contributed by atoms with Gasteiger partial charge in [-0.1, -0.05) is 12.1 Å². The lowest BCUT2D eigenvalue weighted by Crippen LogP contribution is -1.96. The molecule has 2 heterocycles. The van der Waals surface area contributed by atoms with Crippen molar-refractivity contribution in [3.63, 3.8) is 0 Å². The standard InChI is InChI=1S/C13H17N3O2/c1-8-2-3-9(6-8)12-15-13(18-16-12)11-5-4-10(7-14)17-11/h4-5,8-9H,2-3,6-7,14H2,1H3. The first-order chi connectivity index (χ1) is 8.76. The van der Waals surface area contributed by atoms with Crippen LogP contribution in [-0.2, 0) is 6.54 Å². The van der Waals surface area contributed by atoms with Crippen molar-refractivity contribution in [2.45, 2.75) is 38.6 Å². The SMILES string of the molecule is CC1CCC(c2noc(-c3ccc(CN)o3)n2)C1. The Morgan fingerprint density at radius 3 is 2.94 bits per heavy atom. The highest BCUT2D eigenvalue weighted by molar-refractivity contribution is 5.44. The van der Waals surface area contributed by atoms with Crippen molar-refractivity contribution in [1.29, 1.82) is 0 Å². The molecular formula is C13H17N3O2. The van der Waals surface area contributed by atoms with Crippen LogP contribution in [0.5, 0.6) is 0 Å². The van der Waals surface area contributed by atoms with E-state index in [-0.39, 0.29) is 0 Å². The molecule has 2 aromatic heterocycles. The first kappa shape index (κ1) is 11.5. The second kappa shape index (κ2) is 4.57. The van der Waals surface area contributed by atoms with Crippen LogP contribution in [0.3, 0.4) is 0 Å². The molecule has 2 atom stereocenters. The van der Waals surface area contributed by atoms with Crippen LogP contribution in [0.25, 0.3) is 11.7 Å². The average molecular weight is 247 g/mol. The summed E-state index contributed by atoms with van der Waals surface area (Å²) in [7, 11) is 0. The first-order valence-corrected chi connectivity index (χ1v) is 6.39. The summed E-state index contributed by atoms with van der Waals surface area (Å²) in [5, 5.41) is 4.07. The largest absolute Gasteiger partial charge is 0.455 e. The quantitative estimate of drug-likeness (QED) is 0.902. The number of aromatic nitrogens is 2. The van der Waals surface area contributed by atoms with E-state index in [1.807, 2.05) is 12.1 Å². The van der Waals surface area contributed by atoms with Gasteiger partial charge in [-0.25, -0.2) is 0 Å². The molecule has 0 aliphatic heterocycles. The van der Waals surface area contributed by atoms with Crippen molar-refractivity contribution in [2.75, 3.05) is 0 Å². The Hall–Kier alpha value is -1.62. The second-order valence-electron chi connectivity index (χ2n) is 5.04. The summed E-state index contributed by atoms with van der Waals surface area (Å²) >= 11 is 0. The van der Waals surface area contributed by atoms with E-state index in [0.29, 0.717) is 24.1 Å².